The van der Waals surface area contributed by atoms with Crippen LogP contribution in [0, 0.1) is 5.92 Å². The number of carboxylic acids is 1. The largest absolute Gasteiger partial charge is 0.480 e. The molecule has 14 heavy (non-hydrogen) atoms. The van der Waals surface area contributed by atoms with E-state index < -0.39 is 23.4 Å². The third kappa shape index (κ3) is 1.61. The summed E-state index contributed by atoms with van der Waals surface area (Å²) in [5, 5.41) is 12.9. The van der Waals surface area contributed by atoms with Crippen LogP contribution in [-0.2, 0) is 4.79 Å². The third-order valence-electron chi connectivity index (χ3n) is 1.88. The fraction of sp³-hybridized carbons (Fsp3) is 0.571. The minimum Gasteiger partial charge on any atom is -0.480 e. The number of nitrogens with one attached hydrogen (secondary N) is 2. The van der Waals surface area contributed by atoms with Crippen LogP contribution in [-0.4, -0.2) is 25.8 Å². The van der Waals surface area contributed by atoms with Gasteiger partial charge in [0.25, 0.3) is 0 Å². The number of aromatic nitrogens is 3. The predicted octanol–water partition coefficient (Wildman–Crippen LogP) is -0.854. The van der Waals surface area contributed by atoms with E-state index in [-0.39, 0.29) is 5.92 Å². The highest BCUT2D eigenvalue weighted by atomic mass is 16.4. The predicted molar refractivity (Wildman–Crippen MR) is 47.2 cm³/mol. The summed E-state index contributed by atoms with van der Waals surface area (Å²) < 4.78 is 0.660. The van der Waals surface area contributed by atoms with Crippen LogP contribution in [0.4, 0.5) is 0 Å². The molecule has 7 heteroatoms. The zero-order chi connectivity index (χ0) is 10.9. The number of aromatic amines is 2. The zero-order valence-corrected chi connectivity index (χ0v) is 7.77. The van der Waals surface area contributed by atoms with Crippen LogP contribution >= 0.6 is 0 Å². The Kier molecular flexibility index (Phi) is 2.59. The molecule has 0 fully saturated rings. The number of H-pyrrole nitrogens is 2. The van der Waals surface area contributed by atoms with Crippen LogP contribution in [0.1, 0.15) is 19.9 Å². The normalized spacial score (nSPS) is 13.1. The van der Waals surface area contributed by atoms with Crippen LogP contribution in [0.2, 0.25) is 0 Å². The second-order valence-corrected chi connectivity index (χ2v) is 3.26. The first kappa shape index (κ1) is 10.3. The van der Waals surface area contributed by atoms with Crippen molar-refractivity contribution in [2.24, 2.45) is 5.92 Å². The topological polar surface area (TPSA) is 108 Å². The van der Waals surface area contributed by atoms with Gasteiger partial charge in [0.05, 0.1) is 0 Å². The maximum Gasteiger partial charge on any atom is 0.345 e. The lowest BCUT2D eigenvalue weighted by Crippen LogP contribution is -2.38. The highest BCUT2D eigenvalue weighted by Crippen LogP contribution is 2.13. The molecule has 0 radical (unpaired) electrons. The van der Waals surface area contributed by atoms with Gasteiger partial charge in [0, 0.05) is 0 Å². The van der Waals surface area contributed by atoms with Crippen molar-refractivity contribution in [3.63, 3.8) is 0 Å². The average molecular weight is 201 g/mol. The molecule has 0 aliphatic rings. The van der Waals surface area contributed by atoms with Gasteiger partial charge in [-0.25, -0.2) is 29.1 Å². The molecule has 0 aliphatic heterocycles. The van der Waals surface area contributed by atoms with Crippen molar-refractivity contribution in [3.05, 3.63) is 21.0 Å². The van der Waals surface area contributed by atoms with Gasteiger partial charge in [0.15, 0.2) is 0 Å². The molecule has 1 unspecified atom stereocenters. The second-order valence-electron chi connectivity index (χ2n) is 3.26. The van der Waals surface area contributed by atoms with Gasteiger partial charge in [-0.2, -0.15) is 0 Å². The molecule has 0 aliphatic carbocycles. The van der Waals surface area contributed by atoms with Gasteiger partial charge in [0.2, 0.25) is 0 Å². The number of aliphatic carboxylic acids is 1. The fourth-order valence-electron chi connectivity index (χ4n) is 1.27. The molecule has 7 nitrogen and oxygen atoms in total. The van der Waals surface area contributed by atoms with Crippen molar-refractivity contribution >= 4 is 5.97 Å². The highest BCUT2D eigenvalue weighted by Gasteiger charge is 2.27. The van der Waals surface area contributed by atoms with Crippen molar-refractivity contribution in [2.45, 2.75) is 19.9 Å². The van der Waals surface area contributed by atoms with E-state index in [0.29, 0.717) is 4.57 Å². The van der Waals surface area contributed by atoms with Gasteiger partial charge in [-0.15, -0.1) is 0 Å². The van der Waals surface area contributed by atoms with E-state index in [1.165, 1.54) is 0 Å². The molecule has 1 heterocycles. The average Bonchev–Trinajstić information content (AvgIpc) is 2.34. The molecule has 3 N–H and O–H groups in total. The van der Waals surface area contributed by atoms with Gasteiger partial charge >= 0.3 is 17.3 Å². The first-order valence-corrected chi connectivity index (χ1v) is 4.07. The molecule has 0 aromatic carbocycles. The van der Waals surface area contributed by atoms with Gasteiger partial charge in [-0.3, -0.25) is 0 Å². The summed E-state index contributed by atoms with van der Waals surface area (Å²) in [5.74, 6) is -1.55. The van der Waals surface area contributed by atoms with E-state index >= 15 is 0 Å². The molecule has 1 aromatic rings. The lowest BCUT2D eigenvalue weighted by molar-refractivity contribution is -0.142. The Labute approximate surface area is 78.4 Å². The van der Waals surface area contributed by atoms with Gasteiger partial charge < -0.3 is 5.11 Å². The lowest BCUT2D eigenvalue weighted by Gasteiger charge is -2.14. The SMILES string of the molecule is CC(C)C(C(=O)O)n1c(=O)[nH][nH]c1=O. The summed E-state index contributed by atoms with van der Waals surface area (Å²) >= 11 is 0. The van der Waals surface area contributed by atoms with Crippen molar-refractivity contribution in [3.8, 4) is 0 Å². The van der Waals surface area contributed by atoms with Crippen molar-refractivity contribution < 1.29 is 9.90 Å². The number of nitrogens with zero attached hydrogens (tertiary/aromatic N) is 1. The Morgan fingerprint density at radius 1 is 1.29 bits per heavy atom. The Bertz CT molecular complexity index is 411. The van der Waals surface area contributed by atoms with Crippen LogP contribution in [0.3, 0.4) is 0 Å². The van der Waals surface area contributed by atoms with E-state index in [9.17, 15) is 14.4 Å². The maximum absolute atomic E-state index is 11.1. The summed E-state index contributed by atoms with van der Waals surface area (Å²) in [5.41, 5.74) is -1.48. The summed E-state index contributed by atoms with van der Waals surface area (Å²) in [7, 11) is 0. The first-order valence-electron chi connectivity index (χ1n) is 4.07. The Balaban J connectivity index is 3.32. The van der Waals surface area contributed by atoms with Crippen LogP contribution in [0.15, 0.2) is 9.59 Å². The molecular formula is C7H11N3O4. The van der Waals surface area contributed by atoms with E-state index in [4.69, 9.17) is 5.11 Å². The molecular weight excluding hydrogens is 190 g/mol. The van der Waals surface area contributed by atoms with E-state index in [1.807, 2.05) is 10.2 Å². The van der Waals surface area contributed by atoms with E-state index in [0.717, 1.165) is 0 Å². The van der Waals surface area contributed by atoms with Crippen molar-refractivity contribution in [1.82, 2.24) is 14.8 Å². The molecule has 0 saturated carbocycles. The Morgan fingerprint density at radius 2 is 1.71 bits per heavy atom. The minimum absolute atomic E-state index is 0.345. The van der Waals surface area contributed by atoms with Gasteiger partial charge in [-0.05, 0) is 5.92 Å². The van der Waals surface area contributed by atoms with Gasteiger partial charge in [0.1, 0.15) is 6.04 Å². The number of carboxylic acid groups (broad SMARTS) is 1. The Hall–Kier alpha value is -1.79. The van der Waals surface area contributed by atoms with Crippen molar-refractivity contribution in [2.75, 3.05) is 0 Å². The maximum atomic E-state index is 11.1. The molecule has 1 atom stereocenters. The summed E-state index contributed by atoms with van der Waals surface area (Å²) in [6, 6.07) is -1.14. The number of hydrogen-bond acceptors (Lipinski definition) is 3. The fourth-order valence-corrected chi connectivity index (χ4v) is 1.27. The summed E-state index contributed by atoms with van der Waals surface area (Å²) in [6.45, 7) is 3.25. The van der Waals surface area contributed by atoms with Crippen molar-refractivity contribution in [1.29, 1.82) is 0 Å². The molecule has 1 rings (SSSR count). The summed E-state index contributed by atoms with van der Waals surface area (Å²) in [4.78, 5) is 33.0. The monoisotopic (exact) mass is 201 g/mol. The molecule has 0 amide bonds. The smallest absolute Gasteiger partial charge is 0.345 e. The molecule has 0 saturated heterocycles. The molecule has 1 aromatic heterocycles. The zero-order valence-electron chi connectivity index (χ0n) is 7.77. The number of carbonyl (C=O) groups is 1. The van der Waals surface area contributed by atoms with Crippen LogP contribution in [0.25, 0.3) is 0 Å². The standard InChI is InChI=1S/C7H11N3O4/c1-3(2)4(5(11)12)10-6(13)8-9-7(10)14/h3-4H,1-2H3,(H,8,13)(H,9,14)(H,11,12). The Morgan fingerprint density at radius 3 is 2.00 bits per heavy atom. The molecule has 78 valence electrons. The van der Waals surface area contributed by atoms with E-state index in [2.05, 4.69) is 0 Å². The summed E-state index contributed by atoms with van der Waals surface area (Å²) in [6.07, 6.45) is 0. The van der Waals surface area contributed by atoms with E-state index in [1.54, 1.807) is 13.8 Å². The third-order valence-corrected chi connectivity index (χ3v) is 1.88. The molecule has 0 spiro atoms. The minimum atomic E-state index is -1.20. The lowest BCUT2D eigenvalue weighted by atomic mass is 10.1. The second kappa shape index (κ2) is 3.52. The highest BCUT2D eigenvalue weighted by molar-refractivity contribution is 5.72. The molecule has 0 bridgehead atoms. The quantitative estimate of drug-likeness (QED) is 0.591. The first-order chi connectivity index (χ1) is 6.45. The number of hydrogen-bond donors (Lipinski definition) is 3. The van der Waals surface area contributed by atoms with Crippen LogP contribution in [0.5, 0.6) is 0 Å². The number of rotatable bonds is 3. The van der Waals surface area contributed by atoms with Gasteiger partial charge in [-0.1, -0.05) is 13.8 Å². The van der Waals surface area contributed by atoms with Crippen LogP contribution < -0.4 is 11.4 Å².